The van der Waals surface area contributed by atoms with Gasteiger partial charge in [0.25, 0.3) is 5.91 Å². The Bertz CT molecular complexity index is 655. The van der Waals surface area contributed by atoms with Crippen molar-refractivity contribution in [2.75, 3.05) is 6.54 Å². The lowest BCUT2D eigenvalue weighted by molar-refractivity contribution is 0.0934. The molecule has 108 valence electrons. The van der Waals surface area contributed by atoms with Gasteiger partial charge in [0.1, 0.15) is 0 Å². The predicted octanol–water partition coefficient (Wildman–Crippen LogP) is 0.599. The van der Waals surface area contributed by atoms with Crippen molar-refractivity contribution in [2.45, 2.75) is 19.5 Å². The molecule has 1 aromatic carbocycles. The Morgan fingerprint density at radius 2 is 2.19 bits per heavy atom. The van der Waals surface area contributed by atoms with Crippen molar-refractivity contribution in [1.29, 1.82) is 5.26 Å². The number of aromatic nitrogens is 3. The van der Waals surface area contributed by atoms with Crippen molar-refractivity contribution in [1.82, 2.24) is 20.3 Å². The number of nitrogens with two attached hydrogens (primary N) is 1. The summed E-state index contributed by atoms with van der Waals surface area (Å²) in [6.45, 7) is 2.82. The second-order valence-electron chi connectivity index (χ2n) is 4.58. The fourth-order valence-corrected chi connectivity index (χ4v) is 1.84. The molecule has 1 atom stereocenters. The number of nitrogens with one attached hydrogen (secondary N) is 1. The van der Waals surface area contributed by atoms with E-state index in [1.165, 1.54) is 4.68 Å². The summed E-state index contributed by atoms with van der Waals surface area (Å²) in [7, 11) is 0. The van der Waals surface area contributed by atoms with Crippen LogP contribution in [0.3, 0.4) is 0 Å². The molecule has 0 radical (unpaired) electrons. The van der Waals surface area contributed by atoms with E-state index in [2.05, 4.69) is 21.7 Å². The zero-order valence-electron chi connectivity index (χ0n) is 11.7. The highest BCUT2D eigenvalue weighted by atomic mass is 16.2. The molecule has 3 N–H and O–H groups in total. The minimum Gasteiger partial charge on any atom is -0.344 e. The average Bonchev–Trinajstić information content (AvgIpc) is 2.96. The van der Waals surface area contributed by atoms with Gasteiger partial charge in [0.2, 0.25) is 0 Å². The second kappa shape index (κ2) is 6.63. The van der Waals surface area contributed by atoms with Gasteiger partial charge in [-0.1, -0.05) is 17.3 Å². The number of hydrogen-bond acceptors (Lipinski definition) is 5. The summed E-state index contributed by atoms with van der Waals surface area (Å²) < 4.78 is 1.53. The van der Waals surface area contributed by atoms with Crippen molar-refractivity contribution in [3.05, 3.63) is 47.3 Å². The largest absolute Gasteiger partial charge is 0.344 e. The van der Waals surface area contributed by atoms with Gasteiger partial charge in [-0.2, -0.15) is 5.26 Å². The van der Waals surface area contributed by atoms with Gasteiger partial charge in [0, 0.05) is 6.54 Å². The van der Waals surface area contributed by atoms with E-state index in [-0.39, 0.29) is 17.6 Å². The highest BCUT2D eigenvalue weighted by Crippen LogP contribution is 2.13. The van der Waals surface area contributed by atoms with Crippen LogP contribution in [0.15, 0.2) is 30.5 Å². The molecule has 0 spiro atoms. The molecule has 0 saturated heterocycles. The third-order valence-corrected chi connectivity index (χ3v) is 3.02. The van der Waals surface area contributed by atoms with Crippen LogP contribution in [0.25, 0.3) is 0 Å². The maximum absolute atomic E-state index is 12.1. The van der Waals surface area contributed by atoms with Gasteiger partial charge in [-0.15, -0.1) is 5.10 Å². The molecule has 0 saturated carbocycles. The molecule has 2 rings (SSSR count). The van der Waals surface area contributed by atoms with Crippen LogP contribution in [-0.4, -0.2) is 27.4 Å². The number of hydrogen-bond donors (Lipinski definition) is 2. The molecule has 1 aromatic heterocycles. The van der Waals surface area contributed by atoms with Crippen molar-refractivity contribution in [2.24, 2.45) is 5.73 Å². The molecule has 1 amide bonds. The fraction of sp³-hybridized carbons (Fsp3) is 0.286. The third kappa shape index (κ3) is 3.64. The number of rotatable bonds is 5. The van der Waals surface area contributed by atoms with Gasteiger partial charge in [0.05, 0.1) is 30.4 Å². The Kier molecular flexibility index (Phi) is 4.64. The quantitative estimate of drug-likeness (QED) is 0.835. The summed E-state index contributed by atoms with van der Waals surface area (Å²) in [4.78, 5) is 12.1. The summed E-state index contributed by atoms with van der Waals surface area (Å²) in [5.74, 6) is -0.296. The Balaban J connectivity index is 2.02. The summed E-state index contributed by atoms with van der Waals surface area (Å²) >= 11 is 0. The van der Waals surface area contributed by atoms with E-state index in [1.807, 2.05) is 19.1 Å². The van der Waals surface area contributed by atoms with Crippen molar-refractivity contribution >= 4 is 5.91 Å². The maximum Gasteiger partial charge on any atom is 0.273 e. The molecular formula is C14H16N6O. The molecule has 0 aliphatic carbocycles. The summed E-state index contributed by atoms with van der Waals surface area (Å²) in [6, 6.07) is 8.93. The van der Waals surface area contributed by atoms with E-state index >= 15 is 0 Å². The van der Waals surface area contributed by atoms with Crippen LogP contribution in [0.5, 0.6) is 0 Å². The number of nitriles is 1. The van der Waals surface area contributed by atoms with Crippen LogP contribution in [0.1, 0.15) is 34.6 Å². The molecule has 21 heavy (non-hydrogen) atoms. The monoisotopic (exact) mass is 284 g/mol. The Morgan fingerprint density at radius 3 is 2.81 bits per heavy atom. The first kappa shape index (κ1) is 14.7. The zero-order chi connectivity index (χ0) is 15.2. The van der Waals surface area contributed by atoms with E-state index < -0.39 is 0 Å². The number of amides is 1. The van der Waals surface area contributed by atoms with Gasteiger partial charge < -0.3 is 11.1 Å². The first-order valence-electron chi connectivity index (χ1n) is 6.55. The first-order valence-corrected chi connectivity index (χ1v) is 6.55. The fourth-order valence-electron chi connectivity index (χ4n) is 1.84. The lowest BCUT2D eigenvalue weighted by Crippen LogP contribution is -2.27. The minimum atomic E-state index is -0.296. The molecule has 1 heterocycles. The smallest absolute Gasteiger partial charge is 0.273 e. The van der Waals surface area contributed by atoms with E-state index in [9.17, 15) is 4.79 Å². The Morgan fingerprint density at radius 1 is 1.48 bits per heavy atom. The van der Waals surface area contributed by atoms with E-state index in [4.69, 9.17) is 11.0 Å². The Labute approximate surface area is 122 Å². The zero-order valence-corrected chi connectivity index (χ0v) is 11.7. The SMILES string of the molecule is CC(NC(=O)c1cn(CCN)nn1)c1ccc(C#N)cc1. The molecular weight excluding hydrogens is 268 g/mol. The lowest BCUT2D eigenvalue weighted by atomic mass is 10.1. The van der Waals surface area contributed by atoms with Crippen LogP contribution in [0.2, 0.25) is 0 Å². The summed E-state index contributed by atoms with van der Waals surface area (Å²) in [5, 5.41) is 19.2. The van der Waals surface area contributed by atoms with E-state index in [0.717, 1.165) is 5.56 Å². The first-order chi connectivity index (χ1) is 10.1. The standard InChI is InChI=1S/C14H16N6O/c1-10(12-4-2-11(8-16)3-5-12)17-14(21)13-9-20(7-6-15)19-18-13/h2-5,9-10H,6-7,15H2,1H3,(H,17,21). The highest BCUT2D eigenvalue weighted by molar-refractivity contribution is 5.92. The van der Waals surface area contributed by atoms with Crippen LogP contribution >= 0.6 is 0 Å². The molecule has 0 bridgehead atoms. The van der Waals surface area contributed by atoms with Gasteiger partial charge in [0.15, 0.2) is 5.69 Å². The topological polar surface area (TPSA) is 110 Å². The van der Waals surface area contributed by atoms with Gasteiger partial charge in [-0.05, 0) is 24.6 Å². The predicted molar refractivity (Wildman–Crippen MR) is 76.1 cm³/mol. The normalized spacial score (nSPS) is 11.7. The van der Waals surface area contributed by atoms with Crippen molar-refractivity contribution in [3.8, 4) is 6.07 Å². The van der Waals surface area contributed by atoms with Crippen molar-refractivity contribution in [3.63, 3.8) is 0 Å². The van der Waals surface area contributed by atoms with Crippen molar-refractivity contribution < 1.29 is 4.79 Å². The molecule has 1 unspecified atom stereocenters. The van der Waals surface area contributed by atoms with E-state index in [0.29, 0.717) is 18.7 Å². The molecule has 2 aromatic rings. The van der Waals surface area contributed by atoms with Crippen LogP contribution in [0.4, 0.5) is 0 Å². The average molecular weight is 284 g/mol. The lowest BCUT2D eigenvalue weighted by Gasteiger charge is -2.13. The number of nitrogens with zero attached hydrogens (tertiary/aromatic N) is 4. The van der Waals surface area contributed by atoms with Crippen LogP contribution in [-0.2, 0) is 6.54 Å². The minimum absolute atomic E-state index is 0.190. The summed E-state index contributed by atoms with van der Waals surface area (Å²) in [6.07, 6.45) is 1.56. The molecule has 7 nitrogen and oxygen atoms in total. The molecule has 7 heteroatoms. The molecule has 0 aliphatic heterocycles. The van der Waals surface area contributed by atoms with Gasteiger partial charge in [-0.3, -0.25) is 9.48 Å². The third-order valence-electron chi connectivity index (χ3n) is 3.02. The molecule has 0 aliphatic rings. The summed E-state index contributed by atoms with van der Waals surface area (Å²) in [5.41, 5.74) is 7.17. The van der Waals surface area contributed by atoms with Gasteiger partial charge >= 0.3 is 0 Å². The number of benzene rings is 1. The van der Waals surface area contributed by atoms with Crippen LogP contribution in [0, 0.1) is 11.3 Å². The maximum atomic E-state index is 12.1. The highest BCUT2D eigenvalue weighted by Gasteiger charge is 2.14. The number of carbonyl (C=O) groups excluding carboxylic acids is 1. The van der Waals surface area contributed by atoms with Gasteiger partial charge in [-0.25, -0.2) is 0 Å². The van der Waals surface area contributed by atoms with Crippen LogP contribution < -0.4 is 11.1 Å². The Hall–Kier alpha value is -2.72. The second-order valence-corrected chi connectivity index (χ2v) is 4.58. The number of carbonyl (C=O) groups is 1. The van der Waals surface area contributed by atoms with E-state index in [1.54, 1.807) is 18.3 Å². The molecule has 0 fully saturated rings.